The van der Waals surface area contributed by atoms with Crippen LogP contribution in [0.2, 0.25) is 0 Å². The molecule has 84 valence electrons. The summed E-state index contributed by atoms with van der Waals surface area (Å²) in [5, 5.41) is 19.5. The highest BCUT2D eigenvalue weighted by Gasteiger charge is 2.27. The first-order valence-electron chi connectivity index (χ1n) is 5.61. The average molecular weight is 208 g/mol. The van der Waals surface area contributed by atoms with E-state index in [2.05, 4.69) is 6.92 Å². The fourth-order valence-corrected chi connectivity index (χ4v) is 1.82. The first kappa shape index (κ1) is 12.2. The summed E-state index contributed by atoms with van der Waals surface area (Å²) in [6, 6.07) is 9.62. The van der Waals surface area contributed by atoms with Crippen molar-refractivity contribution in [3.8, 4) is 0 Å². The molecule has 0 spiro atoms. The van der Waals surface area contributed by atoms with Gasteiger partial charge in [-0.25, -0.2) is 0 Å². The minimum atomic E-state index is -0.855. The quantitative estimate of drug-likeness (QED) is 0.754. The second kappa shape index (κ2) is 5.89. The SMILES string of the molecule is CCCCC(O)(CCO)c1ccccc1. The molecule has 1 unspecified atom stereocenters. The van der Waals surface area contributed by atoms with E-state index in [0.717, 1.165) is 18.4 Å². The van der Waals surface area contributed by atoms with Crippen molar-refractivity contribution in [2.75, 3.05) is 6.61 Å². The fourth-order valence-electron chi connectivity index (χ4n) is 1.82. The summed E-state index contributed by atoms with van der Waals surface area (Å²) in [6.07, 6.45) is 3.16. The van der Waals surface area contributed by atoms with Crippen molar-refractivity contribution >= 4 is 0 Å². The molecule has 0 aliphatic heterocycles. The van der Waals surface area contributed by atoms with Crippen molar-refractivity contribution in [3.63, 3.8) is 0 Å². The first-order chi connectivity index (χ1) is 7.23. The van der Waals surface area contributed by atoms with Gasteiger partial charge in [0.1, 0.15) is 0 Å². The molecule has 2 N–H and O–H groups in total. The third-order valence-electron chi connectivity index (χ3n) is 2.78. The second-order valence-corrected chi connectivity index (χ2v) is 3.97. The molecule has 2 heteroatoms. The number of rotatable bonds is 6. The summed E-state index contributed by atoms with van der Waals surface area (Å²) < 4.78 is 0. The van der Waals surface area contributed by atoms with Gasteiger partial charge in [-0.3, -0.25) is 0 Å². The number of aliphatic hydroxyl groups excluding tert-OH is 1. The van der Waals surface area contributed by atoms with Crippen molar-refractivity contribution in [3.05, 3.63) is 35.9 Å². The van der Waals surface area contributed by atoms with E-state index in [1.54, 1.807) is 0 Å². The second-order valence-electron chi connectivity index (χ2n) is 3.97. The van der Waals surface area contributed by atoms with E-state index in [4.69, 9.17) is 5.11 Å². The van der Waals surface area contributed by atoms with E-state index < -0.39 is 5.60 Å². The molecule has 0 fully saturated rings. The van der Waals surface area contributed by atoms with Crippen LogP contribution in [0.1, 0.15) is 38.2 Å². The van der Waals surface area contributed by atoms with Gasteiger partial charge in [0, 0.05) is 13.0 Å². The highest BCUT2D eigenvalue weighted by Crippen LogP contribution is 2.30. The topological polar surface area (TPSA) is 40.5 Å². The van der Waals surface area contributed by atoms with Crippen LogP contribution in [0.5, 0.6) is 0 Å². The zero-order chi connectivity index (χ0) is 11.1. The Bertz CT molecular complexity index is 271. The first-order valence-corrected chi connectivity index (χ1v) is 5.61. The van der Waals surface area contributed by atoms with Crippen LogP contribution in [0, 0.1) is 0 Å². The molecule has 0 aromatic heterocycles. The molecule has 1 aromatic carbocycles. The van der Waals surface area contributed by atoms with Gasteiger partial charge in [-0.15, -0.1) is 0 Å². The van der Waals surface area contributed by atoms with Crippen molar-refractivity contribution in [2.24, 2.45) is 0 Å². The molecule has 0 radical (unpaired) electrons. The smallest absolute Gasteiger partial charge is 0.0918 e. The summed E-state index contributed by atoms with van der Waals surface area (Å²) in [6.45, 7) is 2.12. The molecule has 15 heavy (non-hydrogen) atoms. The number of aliphatic hydroxyl groups is 2. The lowest BCUT2D eigenvalue weighted by atomic mass is 9.86. The Labute approximate surface area is 91.6 Å². The predicted octanol–water partition coefficient (Wildman–Crippen LogP) is 2.45. The van der Waals surface area contributed by atoms with Crippen molar-refractivity contribution in [2.45, 2.75) is 38.2 Å². The maximum absolute atomic E-state index is 10.5. The standard InChI is InChI=1S/C13H20O2/c1-2-3-9-13(15,10-11-14)12-7-5-4-6-8-12/h4-8,14-15H,2-3,9-11H2,1H3. The van der Waals surface area contributed by atoms with E-state index in [9.17, 15) is 5.11 Å². The zero-order valence-electron chi connectivity index (χ0n) is 9.32. The molecule has 0 bridgehead atoms. The van der Waals surface area contributed by atoms with E-state index in [1.807, 2.05) is 30.3 Å². The van der Waals surface area contributed by atoms with E-state index in [0.29, 0.717) is 12.8 Å². The van der Waals surface area contributed by atoms with Crippen LogP contribution < -0.4 is 0 Å². The molecule has 0 aliphatic rings. The Balaban J connectivity index is 2.80. The normalized spacial score (nSPS) is 14.9. The van der Waals surface area contributed by atoms with Gasteiger partial charge < -0.3 is 10.2 Å². The van der Waals surface area contributed by atoms with Crippen molar-refractivity contribution in [1.29, 1.82) is 0 Å². The van der Waals surface area contributed by atoms with Gasteiger partial charge in [-0.05, 0) is 12.0 Å². The van der Waals surface area contributed by atoms with Crippen LogP contribution in [-0.4, -0.2) is 16.8 Å². The third kappa shape index (κ3) is 3.33. The van der Waals surface area contributed by atoms with Gasteiger partial charge in [-0.2, -0.15) is 0 Å². The molecule has 1 rings (SSSR count). The van der Waals surface area contributed by atoms with E-state index >= 15 is 0 Å². The molecular weight excluding hydrogens is 188 g/mol. The molecule has 0 saturated heterocycles. The fraction of sp³-hybridized carbons (Fsp3) is 0.538. The van der Waals surface area contributed by atoms with Gasteiger partial charge in [-0.1, -0.05) is 50.1 Å². The lowest BCUT2D eigenvalue weighted by Gasteiger charge is -2.28. The van der Waals surface area contributed by atoms with Crippen LogP contribution in [0.3, 0.4) is 0 Å². The van der Waals surface area contributed by atoms with Gasteiger partial charge in [0.25, 0.3) is 0 Å². The van der Waals surface area contributed by atoms with Crippen LogP contribution in [0.4, 0.5) is 0 Å². The third-order valence-corrected chi connectivity index (χ3v) is 2.78. The van der Waals surface area contributed by atoms with Crippen LogP contribution in [-0.2, 0) is 5.60 Å². The largest absolute Gasteiger partial charge is 0.396 e. The minimum Gasteiger partial charge on any atom is -0.396 e. The van der Waals surface area contributed by atoms with Crippen LogP contribution in [0.15, 0.2) is 30.3 Å². The monoisotopic (exact) mass is 208 g/mol. The highest BCUT2D eigenvalue weighted by atomic mass is 16.3. The molecule has 1 aromatic rings. The van der Waals surface area contributed by atoms with E-state index in [-0.39, 0.29) is 6.61 Å². The summed E-state index contributed by atoms with van der Waals surface area (Å²) >= 11 is 0. The molecule has 0 aliphatic carbocycles. The molecule has 0 amide bonds. The lowest BCUT2D eigenvalue weighted by Crippen LogP contribution is -2.27. The van der Waals surface area contributed by atoms with Crippen LogP contribution in [0.25, 0.3) is 0 Å². The van der Waals surface area contributed by atoms with Crippen molar-refractivity contribution in [1.82, 2.24) is 0 Å². The Hall–Kier alpha value is -0.860. The summed E-state index contributed by atoms with van der Waals surface area (Å²) in [4.78, 5) is 0. The predicted molar refractivity (Wildman–Crippen MR) is 61.6 cm³/mol. The average Bonchev–Trinajstić information content (AvgIpc) is 2.28. The van der Waals surface area contributed by atoms with Gasteiger partial charge in [0.15, 0.2) is 0 Å². The van der Waals surface area contributed by atoms with Crippen LogP contribution >= 0.6 is 0 Å². The number of unbranched alkanes of at least 4 members (excludes halogenated alkanes) is 1. The molecule has 1 atom stereocenters. The number of hydrogen-bond donors (Lipinski definition) is 2. The van der Waals surface area contributed by atoms with Gasteiger partial charge >= 0.3 is 0 Å². The minimum absolute atomic E-state index is 0.0229. The number of benzene rings is 1. The van der Waals surface area contributed by atoms with Gasteiger partial charge in [0.2, 0.25) is 0 Å². The summed E-state index contributed by atoms with van der Waals surface area (Å²) in [5.41, 5.74) is 0.0546. The molecule has 0 saturated carbocycles. The van der Waals surface area contributed by atoms with Gasteiger partial charge in [0.05, 0.1) is 5.60 Å². The Morgan fingerprint density at radius 3 is 2.33 bits per heavy atom. The Morgan fingerprint density at radius 1 is 1.13 bits per heavy atom. The highest BCUT2D eigenvalue weighted by molar-refractivity contribution is 5.22. The molecule has 0 heterocycles. The zero-order valence-corrected chi connectivity index (χ0v) is 9.32. The Kier molecular flexibility index (Phi) is 4.79. The molecular formula is C13H20O2. The lowest BCUT2D eigenvalue weighted by molar-refractivity contribution is 0.00144. The maximum Gasteiger partial charge on any atom is 0.0918 e. The molecule has 2 nitrogen and oxygen atoms in total. The van der Waals surface area contributed by atoms with Crippen molar-refractivity contribution < 1.29 is 10.2 Å². The Morgan fingerprint density at radius 2 is 1.80 bits per heavy atom. The summed E-state index contributed by atoms with van der Waals surface area (Å²) in [7, 11) is 0. The maximum atomic E-state index is 10.5. The number of hydrogen-bond acceptors (Lipinski definition) is 2. The van der Waals surface area contributed by atoms with E-state index in [1.165, 1.54) is 0 Å². The summed E-state index contributed by atoms with van der Waals surface area (Å²) in [5.74, 6) is 0.